The zero-order valence-electron chi connectivity index (χ0n) is 9.03. The van der Waals surface area contributed by atoms with Gasteiger partial charge in [-0.05, 0) is 18.2 Å². The Kier molecular flexibility index (Phi) is 5.97. The number of thioether (sulfide) groups is 1. The number of ether oxygens (including phenoxy) is 1. The van der Waals surface area contributed by atoms with Crippen molar-refractivity contribution in [3.05, 3.63) is 36.9 Å². The van der Waals surface area contributed by atoms with Crippen LogP contribution in [0.1, 0.15) is 0 Å². The van der Waals surface area contributed by atoms with Crippen LogP contribution in [0, 0.1) is 0 Å². The Bertz CT molecular complexity index is 301. The number of methoxy groups -OCH3 is 1. The minimum atomic E-state index is 0.874. The fourth-order valence-electron chi connectivity index (χ4n) is 1.14. The van der Waals surface area contributed by atoms with Crippen molar-refractivity contribution in [3.8, 4) is 5.75 Å². The first-order valence-electron chi connectivity index (χ1n) is 4.95. The zero-order chi connectivity index (χ0) is 10.9. The molecule has 1 N–H and O–H groups in total. The lowest BCUT2D eigenvalue weighted by atomic mass is 10.3. The summed E-state index contributed by atoms with van der Waals surface area (Å²) >= 11 is 1.82. The molecule has 0 fully saturated rings. The Morgan fingerprint density at radius 1 is 1.53 bits per heavy atom. The van der Waals surface area contributed by atoms with Crippen LogP contribution in [-0.2, 0) is 0 Å². The molecule has 1 aromatic rings. The van der Waals surface area contributed by atoms with Gasteiger partial charge in [0.2, 0.25) is 0 Å². The fourth-order valence-corrected chi connectivity index (χ4v) is 1.99. The average molecular weight is 223 g/mol. The van der Waals surface area contributed by atoms with Crippen molar-refractivity contribution in [2.45, 2.75) is 4.90 Å². The SMILES string of the molecule is C=CCNCCSc1cccc(OC)c1. The van der Waals surface area contributed by atoms with Gasteiger partial charge in [0.1, 0.15) is 5.75 Å². The molecule has 82 valence electrons. The van der Waals surface area contributed by atoms with Crippen LogP contribution in [0.2, 0.25) is 0 Å². The molecule has 0 aromatic heterocycles. The molecule has 0 bridgehead atoms. The highest BCUT2D eigenvalue weighted by Crippen LogP contribution is 2.22. The minimum Gasteiger partial charge on any atom is -0.497 e. The topological polar surface area (TPSA) is 21.3 Å². The average Bonchev–Trinajstić information content (AvgIpc) is 2.29. The fraction of sp³-hybridized carbons (Fsp3) is 0.333. The summed E-state index contributed by atoms with van der Waals surface area (Å²) in [7, 11) is 1.69. The second-order valence-electron chi connectivity index (χ2n) is 3.02. The maximum Gasteiger partial charge on any atom is 0.119 e. The maximum absolute atomic E-state index is 5.16. The number of benzene rings is 1. The van der Waals surface area contributed by atoms with Crippen LogP contribution >= 0.6 is 11.8 Å². The summed E-state index contributed by atoms with van der Waals surface area (Å²) in [5.41, 5.74) is 0. The number of rotatable bonds is 7. The summed E-state index contributed by atoms with van der Waals surface area (Å²) in [6.45, 7) is 5.52. The van der Waals surface area contributed by atoms with E-state index in [0.717, 1.165) is 24.6 Å². The second-order valence-corrected chi connectivity index (χ2v) is 4.19. The molecule has 0 saturated carbocycles. The van der Waals surface area contributed by atoms with Crippen molar-refractivity contribution < 1.29 is 4.74 Å². The van der Waals surface area contributed by atoms with Crippen molar-refractivity contribution in [2.24, 2.45) is 0 Å². The molecule has 0 amide bonds. The van der Waals surface area contributed by atoms with Crippen LogP contribution in [0.3, 0.4) is 0 Å². The van der Waals surface area contributed by atoms with Crippen molar-refractivity contribution in [3.63, 3.8) is 0 Å². The molecule has 0 unspecified atom stereocenters. The van der Waals surface area contributed by atoms with Crippen LogP contribution in [0.5, 0.6) is 5.75 Å². The van der Waals surface area contributed by atoms with Gasteiger partial charge in [0.25, 0.3) is 0 Å². The van der Waals surface area contributed by atoms with E-state index in [1.807, 2.05) is 30.0 Å². The molecule has 15 heavy (non-hydrogen) atoms. The lowest BCUT2D eigenvalue weighted by Crippen LogP contribution is -2.16. The third-order valence-corrected chi connectivity index (χ3v) is 2.87. The first kappa shape index (κ1) is 12.1. The zero-order valence-corrected chi connectivity index (χ0v) is 9.85. The van der Waals surface area contributed by atoms with E-state index in [0.29, 0.717) is 0 Å². The van der Waals surface area contributed by atoms with E-state index in [4.69, 9.17) is 4.74 Å². The summed E-state index contributed by atoms with van der Waals surface area (Å²) in [4.78, 5) is 1.25. The van der Waals surface area contributed by atoms with Crippen molar-refractivity contribution in [1.29, 1.82) is 0 Å². The van der Waals surface area contributed by atoms with E-state index in [1.165, 1.54) is 4.90 Å². The molecule has 0 aliphatic heterocycles. The van der Waals surface area contributed by atoms with Gasteiger partial charge in [-0.15, -0.1) is 18.3 Å². The number of nitrogens with one attached hydrogen (secondary N) is 1. The highest BCUT2D eigenvalue weighted by Gasteiger charge is 1.95. The van der Waals surface area contributed by atoms with Gasteiger partial charge >= 0.3 is 0 Å². The first-order chi connectivity index (χ1) is 7.36. The van der Waals surface area contributed by atoms with Gasteiger partial charge in [0, 0.05) is 23.7 Å². The normalized spacial score (nSPS) is 9.93. The van der Waals surface area contributed by atoms with Crippen LogP contribution in [0.4, 0.5) is 0 Å². The van der Waals surface area contributed by atoms with E-state index in [9.17, 15) is 0 Å². The van der Waals surface area contributed by atoms with Gasteiger partial charge in [-0.25, -0.2) is 0 Å². The summed E-state index contributed by atoms with van der Waals surface area (Å²) in [6.07, 6.45) is 1.87. The Labute approximate surface area is 95.7 Å². The predicted octanol–water partition coefficient (Wildman–Crippen LogP) is 2.56. The smallest absolute Gasteiger partial charge is 0.119 e. The summed E-state index contributed by atoms with van der Waals surface area (Å²) in [5, 5.41) is 3.26. The van der Waals surface area contributed by atoms with E-state index in [1.54, 1.807) is 7.11 Å². The number of hydrogen-bond donors (Lipinski definition) is 1. The highest BCUT2D eigenvalue weighted by molar-refractivity contribution is 7.99. The molecule has 1 rings (SSSR count). The molecule has 0 heterocycles. The first-order valence-corrected chi connectivity index (χ1v) is 5.94. The van der Waals surface area contributed by atoms with Crippen LogP contribution in [0.15, 0.2) is 41.8 Å². The van der Waals surface area contributed by atoms with E-state index >= 15 is 0 Å². The molecule has 0 aliphatic rings. The van der Waals surface area contributed by atoms with Gasteiger partial charge in [-0.3, -0.25) is 0 Å². The van der Waals surface area contributed by atoms with E-state index < -0.39 is 0 Å². The summed E-state index contributed by atoms with van der Waals surface area (Å²) in [6, 6.07) is 8.12. The molecule has 0 radical (unpaired) electrons. The van der Waals surface area contributed by atoms with Crippen LogP contribution in [0.25, 0.3) is 0 Å². The molecular formula is C12H17NOS. The lowest BCUT2D eigenvalue weighted by molar-refractivity contribution is 0.413. The largest absolute Gasteiger partial charge is 0.497 e. The molecule has 0 spiro atoms. The quantitative estimate of drug-likeness (QED) is 0.436. The molecule has 2 nitrogen and oxygen atoms in total. The Hall–Kier alpha value is -0.930. The van der Waals surface area contributed by atoms with Gasteiger partial charge in [0.05, 0.1) is 7.11 Å². The third kappa shape index (κ3) is 4.91. The van der Waals surface area contributed by atoms with Gasteiger partial charge in [-0.2, -0.15) is 0 Å². The third-order valence-electron chi connectivity index (χ3n) is 1.88. The van der Waals surface area contributed by atoms with Crippen molar-refractivity contribution >= 4 is 11.8 Å². The molecular weight excluding hydrogens is 206 g/mol. The summed E-state index contributed by atoms with van der Waals surface area (Å²) in [5.74, 6) is 1.97. The second kappa shape index (κ2) is 7.37. The Morgan fingerprint density at radius 3 is 3.13 bits per heavy atom. The van der Waals surface area contributed by atoms with Crippen molar-refractivity contribution in [2.75, 3.05) is 26.0 Å². The Balaban J connectivity index is 2.27. The Morgan fingerprint density at radius 2 is 2.40 bits per heavy atom. The molecule has 3 heteroatoms. The molecule has 0 atom stereocenters. The minimum absolute atomic E-state index is 0.874. The molecule has 1 aromatic carbocycles. The van der Waals surface area contributed by atoms with Gasteiger partial charge < -0.3 is 10.1 Å². The standard InChI is InChI=1S/C12H17NOS/c1-3-7-13-8-9-15-12-6-4-5-11(10-12)14-2/h3-6,10,13H,1,7-9H2,2H3. The van der Waals surface area contributed by atoms with Crippen LogP contribution < -0.4 is 10.1 Å². The number of hydrogen-bond acceptors (Lipinski definition) is 3. The van der Waals surface area contributed by atoms with Gasteiger partial charge in [0.15, 0.2) is 0 Å². The van der Waals surface area contributed by atoms with Crippen LogP contribution in [-0.4, -0.2) is 26.0 Å². The van der Waals surface area contributed by atoms with Crippen molar-refractivity contribution in [1.82, 2.24) is 5.32 Å². The maximum atomic E-state index is 5.16. The highest BCUT2D eigenvalue weighted by atomic mass is 32.2. The molecule has 0 saturated heterocycles. The predicted molar refractivity (Wildman–Crippen MR) is 66.8 cm³/mol. The summed E-state index contributed by atoms with van der Waals surface area (Å²) < 4.78 is 5.16. The van der Waals surface area contributed by atoms with E-state index in [-0.39, 0.29) is 0 Å². The lowest BCUT2D eigenvalue weighted by Gasteiger charge is -2.04. The molecule has 0 aliphatic carbocycles. The monoisotopic (exact) mass is 223 g/mol. The van der Waals surface area contributed by atoms with Gasteiger partial charge in [-0.1, -0.05) is 12.1 Å². The van der Waals surface area contributed by atoms with E-state index in [2.05, 4.69) is 24.0 Å².